The number of nitrogens with zero attached hydrogens (tertiary/aromatic N) is 1. The lowest BCUT2D eigenvalue weighted by Gasteiger charge is -2.37. The van der Waals surface area contributed by atoms with E-state index in [-0.39, 0.29) is 11.9 Å². The molecule has 3 nitrogen and oxygen atoms in total. The molecule has 0 heterocycles. The van der Waals surface area contributed by atoms with E-state index in [1.807, 2.05) is 30.3 Å². The van der Waals surface area contributed by atoms with Gasteiger partial charge in [0.05, 0.1) is 12.5 Å². The van der Waals surface area contributed by atoms with Crippen LogP contribution in [0.25, 0.3) is 4.85 Å². The first-order valence-corrected chi connectivity index (χ1v) is 5.85. The third-order valence-electron chi connectivity index (χ3n) is 3.42. The Kier molecular flexibility index (Phi) is 3.14. The Morgan fingerprint density at radius 2 is 2.24 bits per heavy atom. The molecule has 17 heavy (non-hydrogen) atoms. The summed E-state index contributed by atoms with van der Waals surface area (Å²) in [5.74, 6) is -0.379. The van der Waals surface area contributed by atoms with Gasteiger partial charge < -0.3 is 4.74 Å². The summed E-state index contributed by atoms with van der Waals surface area (Å²) in [5, 5.41) is 0. The highest BCUT2D eigenvalue weighted by Gasteiger charge is 2.61. The summed E-state index contributed by atoms with van der Waals surface area (Å²) in [7, 11) is 0. The smallest absolute Gasteiger partial charge is 0.393 e. The fourth-order valence-corrected chi connectivity index (χ4v) is 2.37. The molecule has 0 radical (unpaired) electrons. The second-order valence-corrected chi connectivity index (χ2v) is 4.26. The lowest BCUT2D eigenvalue weighted by Crippen LogP contribution is -2.50. The lowest BCUT2D eigenvalue weighted by atomic mass is 9.64. The van der Waals surface area contributed by atoms with Crippen molar-refractivity contribution in [2.75, 3.05) is 6.61 Å². The van der Waals surface area contributed by atoms with E-state index in [1.165, 1.54) is 0 Å². The summed E-state index contributed by atoms with van der Waals surface area (Å²) in [6.07, 6.45) is 1.49. The average Bonchev–Trinajstić information content (AvgIpc) is 2.31. The molecule has 3 heteroatoms. The fourth-order valence-electron chi connectivity index (χ4n) is 2.37. The molecule has 88 valence electrons. The number of carbonyl (C=O) groups is 1. The first-order chi connectivity index (χ1) is 8.24. The third-order valence-corrected chi connectivity index (χ3v) is 3.42. The van der Waals surface area contributed by atoms with E-state index < -0.39 is 5.54 Å². The van der Waals surface area contributed by atoms with Crippen LogP contribution in [0.2, 0.25) is 0 Å². The van der Waals surface area contributed by atoms with Crippen LogP contribution in [-0.4, -0.2) is 18.1 Å². The van der Waals surface area contributed by atoms with Crippen molar-refractivity contribution in [1.29, 1.82) is 0 Å². The first-order valence-electron chi connectivity index (χ1n) is 5.85. The minimum absolute atomic E-state index is 0.0137. The number of benzene rings is 1. The zero-order chi connectivity index (χ0) is 12.3. The van der Waals surface area contributed by atoms with Crippen LogP contribution >= 0.6 is 0 Å². The summed E-state index contributed by atoms with van der Waals surface area (Å²) in [6, 6.07) is 9.76. The molecule has 0 bridgehead atoms. The zero-order valence-corrected chi connectivity index (χ0v) is 9.85. The minimum atomic E-state index is -0.975. The van der Waals surface area contributed by atoms with E-state index in [1.54, 1.807) is 6.92 Å². The van der Waals surface area contributed by atoms with Gasteiger partial charge in [-0.15, -0.1) is 0 Å². The lowest BCUT2D eigenvalue weighted by molar-refractivity contribution is -0.152. The molecular formula is C14H15NO2. The molecule has 0 aromatic heterocycles. The SMILES string of the molecule is [C-]#[N+]C1(C(=O)OCC)CCC1c1ccccc1. The summed E-state index contributed by atoms with van der Waals surface area (Å²) >= 11 is 0. The molecule has 1 aliphatic carbocycles. The van der Waals surface area contributed by atoms with E-state index in [2.05, 4.69) is 4.85 Å². The molecule has 2 unspecified atom stereocenters. The fraction of sp³-hybridized carbons (Fsp3) is 0.429. The summed E-state index contributed by atoms with van der Waals surface area (Å²) in [5.41, 5.74) is 0.0833. The quantitative estimate of drug-likeness (QED) is 0.589. The third kappa shape index (κ3) is 1.80. The molecule has 0 amide bonds. The molecule has 0 N–H and O–H groups in total. The number of hydrogen-bond acceptors (Lipinski definition) is 2. The number of esters is 1. The normalized spacial score (nSPS) is 26.7. The van der Waals surface area contributed by atoms with Gasteiger partial charge in [-0.25, -0.2) is 11.4 Å². The Bertz CT molecular complexity index is 449. The monoisotopic (exact) mass is 229 g/mol. The Morgan fingerprint density at radius 1 is 1.53 bits per heavy atom. The Balaban J connectivity index is 2.26. The van der Waals surface area contributed by atoms with E-state index in [0.29, 0.717) is 13.0 Å². The highest BCUT2D eigenvalue weighted by molar-refractivity contribution is 5.86. The van der Waals surface area contributed by atoms with Crippen LogP contribution in [0, 0.1) is 6.57 Å². The molecule has 1 aromatic rings. The first kappa shape index (κ1) is 11.7. The minimum Gasteiger partial charge on any atom is -0.460 e. The van der Waals surface area contributed by atoms with Crippen LogP contribution in [0.15, 0.2) is 30.3 Å². The molecule has 1 aromatic carbocycles. The van der Waals surface area contributed by atoms with Crippen molar-refractivity contribution >= 4 is 5.97 Å². The van der Waals surface area contributed by atoms with E-state index >= 15 is 0 Å². The Labute approximate surface area is 101 Å². The molecule has 1 saturated carbocycles. The predicted octanol–water partition coefficient (Wildman–Crippen LogP) is 2.79. The van der Waals surface area contributed by atoms with Gasteiger partial charge in [-0.1, -0.05) is 30.3 Å². The molecule has 0 saturated heterocycles. The van der Waals surface area contributed by atoms with Crippen LogP contribution in [-0.2, 0) is 9.53 Å². The van der Waals surface area contributed by atoms with E-state index in [4.69, 9.17) is 11.3 Å². The van der Waals surface area contributed by atoms with Gasteiger partial charge in [0.2, 0.25) is 0 Å². The van der Waals surface area contributed by atoms with Crippen molar-refractivity contribution in [3.8, 4) is 0 Å². The second-order valence-electron chi connectivity index (χ2n) is 4.26. The van der Waals surface area contributed by atoms with Crippen molar-refractivity contribution in [1.82, 2.24) is 0 Å². The van der Waals surface area contributed by atoms with Crippen molar-refractivity contribution in [3.63, 3.8) is 0 Å². The van der Waals surface area contributed by atoms with Gasteiger partial charge in [0.15, 0.2) is 0 Å². The van der Waals surface area contributed by atoms with Crippen molar-refractivity contribution in [2.24, 2.45) is 0 Å². The summed E-state index contributed by atoms with van der Waals surface area (Å²) in [6.45, 7) is 9.42. The van der Waals surface area contributed by atoms with Gasteiger partial charge in [0.25, 0.3) is 0 Å². The van der Waals surface area contributed by atoms with Crippen molar-refractivity contribution in [3.05, 3.63) is 47.3 Å². The molecule has 1 fully saturated rings. The number of ether oxygens (including phenoxy) is 1. The standard InChI is InChI=1S/C14H15NO2/c1-3-17-13(16)14(15-2)10-9-12(14)11-7-5-4-6-8-11/h4-8,12H,3,9-10H2,1H3. The summed E-state index contributed by atoms with van der Waals surface area (Å²) in [4.78, 5) is 15.5. The van der Waals surface area contributed by atoms with Gasteiger partial charge in [0.1, 0.15) is 0 Å². The van der Waals surface area contributed by atoms with Crippen LogP contribution in [0.3, 0.4) is 0 Å². The number of hydrogen-bond donors (Lipinski definition) is 0. The van der Waals surface area contributed by atoms with Gasteiger partial charge in [-0.05, 0) is 18.9 Å². The van der Waals surface area contributed by atoms with Crippen LogP contribution < -0.4 is 0 Å². The van der Waals surface area contributed by atoms with Crippen LogP contribution in [0.1, 0.15) is 31.2 Å². The summed E-state index contributed by atoms with van der Waals surface area (Å²) < 4.78 is 5.04. The number of rotatable bonds is 3. The van der Waals surface area contributed by atoms with Gasteiger partial charge in [-0.3, -0.25) is 4.85 Å². The van der Waals surface area contributed by atoms with Crippen molar-refractivity contribution < 1.29 is 9.53 Å². The van der Waals surface area contributed by atoms with E-state index in [9.17, 15) is 4.79 Å². The molecule has 1 aliphatic rings. The van der Waals surface area contributed by atoms with E-state index in [0.717, 1.165) is 12.0 Å². The average molecular weight is 229 g/mol. The Hall–Kier alpha value is -1.82. The van der Waals surface area contributed by atoms with Crippen LogP contribution in [0.4, 0.5) is 0 Å². The molecule has 2 atom stereocenters. The maximum atomic E-state index is 11.9. The molecule has 2 rings (SSSR count). The largest absolute Gasteiger partial charge is 0.460 e. The van der Waals surface area contributed by atoms with Gasteiger partial charge in [0, 0.05) is 6.42 Å². The number of carbonyl (C=O) groups excluding carboxylic acids is 1. The maximum Gasteiger partial charge on any atom is 0.393 e. The molecule has 0 spiro atoms. The van der Waals surface area contributed by atoms with Crippen LogP contribution in [0.5, 0.6) is 0 Å². The second kappa shape index (κ2) is 4.58. The molecule has 0 aliphatic heterocycles. The van der Waals surface area contributed by atoms with Gasteiger partial charge >= 0.3 is 11.5 Å². The highest BCUT2D eigenvalue weighted by Crippen LogP contribution is 2.49. The Morgan fingerprint density at radius 3 is 2.71 bits per heavy atom. The zero-order valence-electron chi connectivity index (χ0n) is 9.85. The highest BCUT2D eigenvalue weighted by atomic mass is 16.5. The topological polar surface area (TPSA) is 30.7 Å². The molecular weight excluding hydrogens is 214 g/mol. The van der Waals surface area contributed by atoms with Crippen molar-refractivity contribution in [2.45, 2.75) is 31.2 Å². The predicted molar refractivity (Wildman–Crippen MR) is 64.4 cm³/mol. The van der Waals surface area contributed by atoms with Gasteiger partial charge in [-0.2, -0.15) is 0 Å². The maximum absolute atomic E-state index is 11.9.